The van der Waals surface area contributed by atoms with E-state index < -0.39 is 5.41 Å². The van der Waals surface area contributed by atoms with Gasteiger partial charge in [-0.25, -0.2) is 9.97 Å². The molecule has 0 fully saturated rings. The molecular weight excluding hydrogens is 629 g/mol. The van der Waals surface area contributed by atoms with E-state index in [-0.39, 0.29) is 5.41 Å². The highest BCUT2D eigenvalue weighted by molar-refractivity contribution is 5.90. The van der Waals surface area contributed by atoms with Gasteiger partial charge in [-0.05, 0) is 67.8 Å². The summed E-state index contributed by atoms with van der Waals surface area (Å²) in [4.78, 5) is 10.5. The maximum absolute atomic E-state index is 5.31. The standard InChI is InChI=1S/C50H36N2/c1-49(2)41-21-11-13-23-43(41)50(44-24-14-12-22-42(44)49)40-20-10-9-19-38(40)39-30-29-37(31-45(39)50)47-32-46(35-17-7-4-8-18-35)51-48(52-47)36-27-25-34(26-28-36)33-15-5-3-6-16-33/h3-32H,1-2H3. The number of nitrogens with zero attached hydrogens (tertiary/aromatic N) is 2. The molecule has 1 aromatic heterocycles. The minimum absolute atomic E-state index is 0.143. The second kappa shape index (κ2) is 11.6. The van der Waals surface area contributed by atoms with E-state index in [9.17, 15) is 0 Å². The van der Waals surface area contributed by atoms with Gasteiger partial charge in [0.25, 0.3) is 0 Å². The van der Waals surface area contributed by atoms with Gasteiger partial charge in [-0.1, -0.05) is 184 Å². The van der Waals surface area contributed by atoms with Gasteiger partial charge in [0.1, 0.15) is 0 Å². The molecule has 0 saturated carbocycles. The van der Waals surface area contributed by atoms with Crippen LogP contribution in [0.5, 0.6) is 0 Å². The van der Waals surface area contributed by atoms with E-state index in [0.29, 0.717) is 5.82 Å². The van der Waals surface area contributed by atoms with Gasteiger partial charge in [0, 0.05) is 22.1 Å². The van der Waals surface area contributed by atoms with E-state index in [1.807, 2.05) is 12.1 Å². The van der Waals surface area contributed by atoms with Crippen LogP contribution in [-0.2, 0) is 10.8 Å². The molecule has 10 rings (SSSR count). The number of fused-ring (bicyclic) bond motifs is 9. The van der Waals surface area contributed by atoms with Crippen LogP contribution in [0.2, 0.25) is 0 Å². The molecule has 246 valence electrons. The quantitative estimate of drug-likeness (QED) is 0.187. The third-order valence-corrected chi connectivity index (χ3v) is 11.4. The Balaban J connectivity index is 1.20. The van der Waals surface area contributed by atoms with E-state index >= 15 is 0 Å². The maximum atomic E-state index is 5.31. The number of aromatic nitrogens is 2. The van der Waals surface area contributed by atoms with Crippen LogP contribution >= 0.6 is 0 Å². The van der Waals surface area contributed by atoms with Gasteiger partial charge in [0.05, 0.1) is 16.8 Å². The van der Waals surface area contributed by atoms with Crippen molar-refractivity contribution in [1.29, 1.82) is 0 Å². The van der Waals surface area contributed by atoms with Gasteiger partial charge in [-0.3, -0.25) is 0 Å². The maximum Gasteiger partial charge on any atom is 0.160 e. The smallest absolute Gasteiger partial charge is 0.160 e. The van der Waals surface area contributed by atoms with Crippen LogP contribution in [0.25, 0.3) is 56.2 Å². The summed E-state index contributed by atoms with van der Waals surface area (Å²) >= 11 is 0. The van der Waals surface area contributed by atoms with E-state index in [1.54, 1.807) is 0 Å². The summed E-state index contributed by atoms with van der Waals surface area (Å²) in [5, 5.41) is 0. The first-order valence-electron chi connectivity index (χ1n) is 18.1. The molecule has 52 heavy (non-hydrogen) atoms. The van der Waals surface area contributed by atoms with Gasteiger partial charge in [-0.15, -0.1) is 0 Å². The zero-order valence-corrected chi connectivity index (χ0v) is 29.2. The Morgan fingerprint density at radius 1 is 0.327 bits per heavy atom. The van der Waals surface area contributed by atoms with Crippen molar-refractivity contribution in [2.45, 2.75) is 24.7 Å². The molecule has 0 unspecified atom stereocenters. The van der Waals surface area contributed by atoms with Crippen molar-refractivity contribution in [3.05, 3.63) is 215 Å². The normalized spacial score (nSPS) is 14.3. The van der Waals surface area contributed by atoms with E-state index in [1.165, 1.54) is 55.6 Å². The van der Waals surface area contributed by atoms with Gasteiger partial charge >= 0.3 is 0 Å². The molecule has 7 aromatic carbocycles. The number of rotatable bonds is 4. The van der Waals surface area contributed by atoms with Gasteiger partial charge in [0.2, 0.25) is 0 Å². The second-order valence-corrected chi connectivity index (χ2v) is 14.5. The average molecular weight is 665 g/mol. The highest BCUT2D eigenvalue weighted by atomic mass is 14.9. The molecule has 0 saturated heterocycles. The lowest BCUT2D eigenvalue weighted by Gasteiger charge is -2.46. The molecule has 1 spiro atoms. The first kappa shape index (κ1) is 30.4. The lowest BCUT2D eigenvalue weighted by atomic mass is 9.55. The summed E-state index contributed by atoms with van der Waals surface area (Å²) in [5.41, 5.74) is 17.4. The summed E-state index contributed by atoms with van der Waals surface area (Å²) < 4.78 is 0. The molecule has 1 heterocycles. The molecule has 2 aliphatic carbocycles. The Morgan fingerprint density at radius 2 is 0.769 bits per heavy atom. The van der Waals surface area contributed by atoms with Crippen LogP contribution in [0.15, 0.2) is 182 Å². The van der Waals surface area contributed by atoms with Gasteiger partial charge in [0.15, 0.2) is 5.82 Å². The Kier molecular flexibility index (Phi) is 6.78. The lowest BCUT2D eigenvalue weighted by molar-refractivity contribution is 0.563. The molecule has 2 aliphatic rings. The van der Waals surface area contributed by atoms with Crippen LogP contribution in [0.3, 0.4) is 0 Å². The Labute approximate surface area is 305 Å². The third-order valence-electron chi connectivity index (χ3n) is 11.4. The van der Waals surface area contributed by atoms with Crippen LogP contribution in [0.4, 0.5) is 0 Å². The monoisotopic (exact) mass is 664 g/mol. The van der Waals surface area contributed by atoms with E-state index in [0.717, 1.165) is 28.1 Å². The van der Waals surface area contributed by atoms with Gasteiger partial charge in [-0.2, -0.15) is 0 Å². The van der Waals surface area contributed by atoms with Crippen LogP contribution in [0.1, 0.15) is 47.2 Å². The van der Waals surface area contributed by atoms with Crippen molar-refractivity contribution < 1.29 is 0 Å². The van der Waals surface area contributed by atoms with Crippen LogP contribution in [-0.4, -0.2) is 9.97 Å². The molecule has 2 nitrogen and oxygen atoms in total. The summed E-state index contributed by atoms with van der Waals surface area (Å²) in [6.45, 7) is 4.74. The van der Waals surface area contributed by atoms with Crippen molar-refractivity contribution in [2.24, 2.45) is 0 Å². The zero-order chi connectivity index (χ0) is 34.9. The summed E-state index contributed by atoms with van der Waals surface area (Å²) in [6, 6.07) is 65.9. The van der Waals surface area contributed by atoms with Gasteiger partial charge < -0.3 is 0 Å². The van der Waals surface area contributed by atoms with Crippen LogP contribution < -0.4 is 0 Å². The number of benzene rings is 7. The minimum Gasteiger partial charge on any atom is -0.228 e. The van der Waals surface area contributed by atoms with E-state index in [2.05, 4.69) is 184 Å². The van der Waals surface area contributed by atoms with Crippen molar-refractivity contribution in [3.63, 3.8) is 0 Å². The summed E-state index contributed by atoms with van der Waals surface area (Å²) in [5.74, 6) is 0.713. The minimum atomic E-state index is -0.462. The molecule has 8 aromatic rings. The number of hydrogen-bond acceptors (Lipinski definition) is 2. The summed E-state index contributed by atoms with van der Waals surface area (Å²) in [7, 11) is 0. The molecule has 0 N–H and O–H groups in total. The highest BCUT2D eigenvalue weighted by Gasteiger charge is 2.53. The Morgan fingerprint density at radius 3 is 1.40 bits per heavy atom. The van der Waals surface area contributed by atoms with Crippen molar-refractivity contribution >= 4 is 0 Å². The van der Waals surface area contributed by atoms with Crippen LogP contribution in [0, 0.1) is 0 Å². The second-order valence-electron chi connectivity index (χ2n) is 14.5. The largest absolute Gasteiger partial charge is 0.228 e. The predicted molar refractivity (Wildman–Crippen MR) is 213 cm³/mol. The molecule has 0 aliphatic heterocycles. The summed E-state index contributed by atoms with van der Waals surface area (Å²) in [6.07, 6.45) is 0. The first-order chi connectivity index (χ1) is 25.5. The molecular formula is C50H36N2. The SMILES string of the molecule is CC1(C)c2ccccc2C2(c3ccccc3-c3ccc(-c4cc(-c5ccccc5)nc(-c5ccc(-c6ccccc6)cc5)n4)cc32)c2ccccc21. The topological polar surface area (TPSA) is 25.8 Å². The lowest BCUT2D eigenvalue weighted by Crippen LogP contribution is -2.40. The average Bonchev–Trinajstić information content (AvgIpc) is 3.51. The molecule has 0 amide bonds. The number of hydrogen-bond donors (Lipinski definition) is 0. The third kappa shape index (κ3) is 4.44. The molecule has 0 bridgehead atoms. The fourth-order valence-electron chi connectivity index (χ4n) is 8.94. The van der Waals surface area contributed by atoms with Crippen molar-refractivity contribution in [3.8, 4) is 56.2 Å². The Bertz CT molecular complexity index is 2590. The predicted octanol–water partition coefficient (Wildman–Crippen LogP) is 12.1. The molecule has 0 radical (unpaired) electrons. The van der Waals surface area contributed by atoms with Crippen molar-refractivity contribution in [1.82, 2.24) is 9.97 Å². The van der Waals surface area contributed by atoms with Crippen molar-refractivity contribution in [2.75, 3.05) is 0 Å². The van der Waals surface area contributed by atoms with E-state index in [4.69, 9.17) is 9.97 Å². The molecule has 2 heteroatoms. The fraction of sp³-hybridized carbons (Fsp3) is 0.0800. The fourth-order valence-corrected chi connectivity index (χ4v) is 8.94. The Hall–Kier alpha value is -6.38. The highest BCUT2D eigenvalue weighted by Crippen LogP contribution is 2.62. The first-order valence-corrected chi connectivity index (χ1v) is 18.1. The molecule has 0 atom stereocenters. The zero-order valence-electron chi connectivity index (χ0n) is 29.2.